The zero-order valence-corrected chi connectivity index (χ0v) is 15.6. The summed E-state index contributed by atoms with van der Waals surface area (Å²) in [5.41, 5.74) is 1.40. The largest absolute Gasteiger partial charge is 0.508 e. The van der Waals surface area contributed by atoms with Crippen molar-refractivity contribution in [3.63, 3.8) is 0 Å². The fourth-order valence-corrected chi connectivity index (χ4v) is 3.12. The summed E-state index contributed by atoms with van der Waals surface area (Å²) in [5.74, 6) is -1.39. The molecule has 1 aliphatic rings. The number of amides is 4. The molecule has 8 heteroatoms. The van der Waals surface area contributed by atoms with Crippen LogP contribution in [0, 0.1) is 0 Å². The normalized spacial score (nSPS) is 15.7. The Labute approximate surface area is 170 Å². The van der Waals surface area contributed by atoms with Gasteiger partial charge in [-0.1, -0.05) is 11.6 Å². The van der Waals surface area contributed by atoms with Crippen LogP contribution in [-0.4, -0.2) is 27.5 Å². The number of anilines is 1. The van der Waals surface area contributed by atoms with Crippen molar-refractivity contribution in [2.45, 2.75) is 0 Å². The smallest absolute Gasteiger partial charge is 0.335 e. The molecule has 0 unspecified atom stereocenters. The number of urea groups is 1. The Morgan fingerprint density at radius 3 is 2.24 bits per heavy atom. The number of barbiturate groups is 1. The number of rotatable bonds is 3. The standard InChI is InChI=1S/C21H14ClN3O4/c22-13-3-5-15(6-4-13)25-20(28)18(19(27)23-21(25)29)12-16-2-1-11-24(16)14-7-9-17(26)10-8-14/h1-12,26H,(H,23,27,29)/b18-12+. The third-order valence-electron chi connectivity index (χ3n) is 4.39. The van der Waals surface area contributed by atoms with Gasteiger partial charge in [-0.2, -0.15) is 0 Å². The van der Waals surface area contributed by atoms with E-state index in [1.165, 1.54) is 30.3 Å². The minimum Gasteiger partial charge on any atom is -0.508 e. The second kappa shape index (κ2) is 7.29. The van der Waals surface area contributed by atoms with Gasteiger partial charge < -0.3 is 9.67 Å². The number of nitrogens with zero attached hydrogens (tertiary/aromatic N) is 2. The topological polar surface area (TPSA) is 91.6 Å². The maximum Gasteiger partial charge on any atom is 0.335 e. The van der Waals surface area contributed by atoms with Crippen molar-refractivity contribution < 1.29 is 19.5 Å². The molecule has 4 amide bonds. The molecule has 0 radical (unpaired) electrons. The molecule has 1 fully saturated rings. The number of nitrogens with one attached hydrogen (secondary N) is 1. The number of carbonyl (C=O) groups is 3. The van der Waals surface area contributed by atoms with Gasteiger partial charge in [0.2, 0.25) is 0 Å². The van der Waals surface area contributed by atoms with Crippen LogP contribution in [0.4, 0.5) is 10.5 Å². The van der Waals surface area contributed by atoms with Crippen LogP contribution in [0.15, 0.2) is 72.4 Å². The molecule has 0 aliphatic carbocycles. The van der Waals surface area contributed by atoms with Crippen molar-refractivity contribution in [3.8, 4) is 11.4 Å². The highest BCUT2D eigenvalue weighted by Gasteiger charge is 2.36. The van der Waals surface area contributed by atoms with Crippen LogP contribution in [0.25, 0.3) is 11.8 Å². The molecule has 0 atom stereocenters. The van der Waals surface area contributed by atoms with E-state index in [0.29, 0.717) is 16.4 Å². The quantitative estimate of drug-likeness (QED) is 0.513. The summed E-state index contributed by atoms with van der Waals surface area (Å²) in [5, 5.41) is 12.1. The number of phenolic OH excluding ortho intramolecular Hbond substituents is 1. The monoisotopic (exact) mass is 407 g/mol. The molecule has 4 rings (SSSR count). The minimum atomic E-state index is -0.826. The first kappa shape index (κ1) is 18.5. The Balaban J connectivity index is 1.73. The molecule has 1 saturated heterocycles. The molecule has 1 aliphatic heterocycles. The Kier molecular flexibility index (Phi) is 4.66. The lowest BCUT2D eigenvalue weighted by atomic mass is 10.1. The van der Waals surface area contributed by atoms with Gasteiger partial charge in [0.1, 0.15) is 11.3 Å². The second-order valence-electron chi connectivity index (χ2n) is 6.25. The third kappa shape index (κ3) is 3.51. The number of aromatic nitrogens is 1. The molecule has 0 spiro atoms. The number of carbonyl (C=O) groups excluding carboxylic acids is 3. The zero-order valence-electron chi connectivity index (χ0n) is 14.9. The summed E-state index contributed by atoms with van der Waals surface area (Å²) in [6.45, 7) is 0. The molecule has 0 saturated carbocycles. The highest BCUT2D eigenvalue weighted by molar-refractivity contribution is 6.39. The minimum absolute atomic E-state index is 0.125. The van der Waals surface area contributed by atoms with Crippen LogP contribution < -0.4 is 10.2 Å². The molecule has 0 bridgehead atoms. The summed E-state index contributed by atoms with van der Waals surface area (Å²) < 4.78 is 1.75. The van der Waals surface area contributed by atoms with E-state index in [-0.39, 0.29) is 11.3 Å². The number of aromatic hydroxyl groups is 1. The van der Waals surface area contributed by atoms with Gasteiger partial charge in [0.25, 0.3) is 11.8 Å². The lowest BCUT2D eigenvalue weighted by molar-refractivity contribution is -0.122. The fourth-order valence-electron chi connectivity index (χ4n) is 2.99. The SMILES string of the molecule is O=C1NC(=O)N(c2ccc(Cl)cc2)C(=O)/C1=C/c1cccn1-c1ccc(O)cc1. The van der Waals surface area contributed by atoms with Gasteiger partial charge in [-0.05, 0) is 66.7 Å². The van der Waals surface area contributed by atoms with E-state index in [4.69, 9.17) is 11.6 Å². The van der Waals surface area contributed by atoms with Gasteiger partial charge in [0.05, 0.1) is 5.69 Å². The van der Waals surface area contributed by atoms with Gasteiger partial charge in [-0.3, -0.25) is 14.9 Å². The lowest BCUT2D eigenvalue weighted by Crippen LogP contribution is -2.54. The van der Waals surface area contributed by atoms with E-state index in [2.05, 4.69) is 5.32 Å². The van der Waals surface area contributed by atoms with Crippen molar-refractivity contribution >= 4 is 41.2 Å². The molecule has 2 heterocycles. The number of benzene rings is 2. The van der Waals surface area contributed by atoms with E-state index in [9.17, 15) is 19.5 Å². The lowest BCUT2D eigenvalue weighted by Gasteiger charge is -2.26. The number of hydrogen-bond acceptors (Lipinski definition) is 4. The number of hydrogen-bond donors (Lipinski definition) is 2. The Bertz CT molecular complexity index is 1150. The van der Waals surface area contributed by atoms with Crippen molar-refractivity contribution in [3.05, 3.63) is 83.2 Å². The number of imide groups is 2. The van der Waals surface area contributed by atoms with Crippen LogP contribution in [-0.2, 0) is 9.59 Å². The molecular formula is C21H14ClN3O4. The third-order valence-corrected chi connectivity index (χ3v) is 4.64. The second-order valence-corrected chi connectivity index (χ2v) is 6.69. The molecule has 3 aromatic rings. The van der Waals surface area contributed by atoms with Crippen LogP contribution in [0.5, 0.6) is 5.75 Å². The van der Waals surface area contributed by atoms with Crippen molar-refractivity contribution in [2.24, 2.45) is 0 Å². The summed E-state index contributed by atoms with van der Waals surface area (Å²) in [4.78, 5) is 38.4. The molecule has 2 aromatic carbocycles. The average molecular weight is 408 g/mol. The van der Waals surface area contributed by atoms with Crippen molar-refractivity contribution in [1.29, 1.82) is 0 Å². The highest BCUT2D eigenvalue weighted by Crippen LogP contribution is 2.24. The highest BCUT2D eigenvalue weighted by atomic mass is 35.5. The Morgan fingerprint density at radius 1 is 0.897 bits per heavy atom. The van der Waals surface area contributed by atoms with Gasteiger partial charge in [0, 0.05) is 22.6 Å². The van der Waals surface area contributed by atoms with Gasteiger partial charge in [-0.25, -0.2) is 9.69 Å². The molecule has 7 nitrogen and oxygen atoms in total. The first-order valence-corrected chi connectivity index (χ1v) is 8.95. The first-order valence-electron chi connectivity index (χ1n) is 8.58. The summed E-state index contributed by atoms with van der Waals surface area (Å²) in [6.07, 6.45) is 3.17. The van der Waals surface area contributed by atoms with E-state index >= 15 is 0 Å². The van der Waals surface area contributed by atoms with E-state index < -0.39 is 17.8 Å². The first-order chi connectivity index (χ1) is 13.9. The van der Waals surface area contributed by atoms with Crippen molar-refractivity contribution in [1.82, 2.24) is 9.88 Å². The molecule has 144 valence electrons. The van der Waals surface area contributed by atoms with Crippen molar-refractivity contribution in [2.75, 3.05) is 4.90 Å². The molecular weight excluding hydrogens is 394 g/mol. The summed E-state index contributed by atoms with van der Waals surface area (Å²) in [6, 6.07) is 15.3. The Hall–Kier alpha value is -3.84. The maximum absolute atomic E-state index is 13.0. The predicted molar refractivity (Wildman–Crippen MR) is 108 cm³/mol. The predicted octanol–water partition coefficient (Wildman–Crippen LogP) is 3.50. The number of phenols is 1. The van der Waals surface area contributed by atoms with Crippen LogP contribution in [0.2, 0.25) is 5.02 Å². The average Bonchev–Trinajstić information content (AvgIpc) is 3.15. The van der Waals surface area contributed by atoms with Gasteiger partial charge >= 0.3 is 6.03 Å². The van der Waals surface area contributed by atoms with Gasteiger partial charge in [-0.15, -0.1) is 0 Å². The Morgan fingerprint density at radius 2 is 1.55 bits per heavy atom. The van der Waals surface area contributed by atoms with Crippen LogP contribution in [0.3, 0.4) is 0 Å². The summed E-state index contributed by atoms with van der Waals surface area (Å²) >= 11 is 5.87. The molecule has 29 heavy (non-hydrogen) atoms. The van der Waals surface area contributed by atoms with Crippen LogP contribution in [0.1, 0.15) is 5.69 Å². The van der Waals surface area contributed by atoms with E-state index in [1.54, 1.807) is 47.2 Å². The van der Waals surface area contributed by atoms with E-state index in [0.717, 1.165) is 10.6 Å². The summed E-state index contributed by atoms with van der Waals surface area (Å²) in [7, 11) is 0. The van der Waals surface area contributed by atoms with E-state index in [1.807, 2.05) is 0 Å². The maximum atomic E-state index is 13.0. The number of halogens is 1. The molecule has 1 aromatic heterocycles. The molecule has 2 N–H and O–H groups in total. The van der Waals surface area contributed by atoms with Gasteiger partial charge in [0.15, 0.2) is 0 Å². The fraction of sp³-hybridized carbons (Fsp3) is 0. The van der Waals surface area contributed by atoms with Crippen LogP contribution >= 0.6 is 11.6 Å². The zero-order chi connectivity index (χ0) is 20.5.